The zero-order valence-electron chi connectivity index (χ0n) is 12.1. The molecule has 4 heteroatoms. The number of hydrogen-bond acceptors (Lipinski definition) is 4. The third-order valence-corrected chi connectivity index (χ3v) is 2.66. The van der Waals surface area contributed by atoms with Crippen LogP contribution in [-0.2, 0) is 4.74 Å². The number of hydrogen-bond donors (Lipinski definition) is 2. The maximum absolute atomic E-state index is 6.07. The highest BCUT2D eigenvalue weighted by Gasteiger charge is 2.05. The minimum Gasteiger partial charge on any atom is -0.491 e. The summed E-state index contributed by atoms with van der Waals surface area (Å²) in [4.78, 5) is 0. The number of ether oxygens (including phenoxy) is 2. The lowest BCUT2D eigenvalue weighted by Gasteiger charge is -2.13. The van der Waals surface area contributed by atoms with Crippen LogP contribution in [0.25, 0.3) is 0 Å². The molecule has 1 aromatic rings. The van der Waals surface area contributed by atoms with E-state index in [9.17, 15) is 0 Å². The standard InChI is InChI=1S/C15H26N2O2/c1-3-10-18-12-6-9-17-13-7-5-8-14(15(13)16)19-11-4-2/h5,7-8,17H,3-4,6,9-12,16H2,1-2H3. The van der Waals surface area contributed by atoms with Crippen molar-refractivity contribution in [1.29, 1.82) is 0 Å². The zero-order chi connectivity index (χ0) is 13.9. The Hall–Kier alpha value is -1.42. The van der Waals surface area contributed by atoms with Gasteiger partial charge in [-0.1, -0.05) is 19.9 Å². The maximum Gasteiger partial charge on any atom is 0.144 e. The van der Waals surface area contributed by atoms with E-state index in [0.717, 1.165) is 50.5 Å². The summed E-state index contributed by atoms with van der Waals surface area (Å²) >= 11 is 0. The Balaban J connectivity index is 2.36. The molecule has 1 aromatic carbocycles. The molecule has 0 aliphatic carbocycles. The first-order valence-electron chi connectivity index (χ1n) is 7.12. The third-order valence-electron chi connectivity index (χ3n) is 2.66. The minimum absolute atomic E-state index is 0.686. The highest BCUT2D eigenvalue weighted by Crippen LogP contribution is 2.29. The van der Waals surface area contributed by atoms with Crippen LogP contribution in [0.3, 0.4) is 0 Å². The van der Waals surface area contributed by atoms with Crippen LogP contribution in [0.2, 0.25) is 0 Å². The fourth-order valence-electron chi connectivity index (χ4n) is 1.68. The summed E-state index contributed by atoms with van der Waals surface area (Å²) in [6.45, 7) is 7.36. The molecule has 108 valence electrons. The van der Waals surface area contributed by atoms with Crippen LogP contribution in [-0.4, -0.2) is 26.4 Å². The smallest absolute Gasteiger partial charge is 0.144 e. The van der Waals surface area contributed by atoms with Gasteiger partial charge in [0.15, 0.2) is 0 Å². The molecule has 0 unspecified atom stereocenters. The number of rotatable bonds is 10. The van der Waals surface area contributed by atoms with Crippen molar-refractivity contribution in [1.82, 2.24) is 0 Å². The quantitative estimate of drug-likeness (QED) is 0.504. The molecule has 0 amide bonds. The zero-order valence-corrected chi connectivity index (χ0v) is 12.1. The van der Waals surface area contributed by atoms with Gasteiger partial charge in [0.2, 0.25) is 0 Å². The SMILES string of the molecule is CCCOCCCNc1cccc(OCCC)c1N. The molecule has 0 aliphatic rings. The van der Waals surface area contributed by atoms with E-state index in [0.29, 0.717) is 12.3 Å². The topological polar surface area (TPSA) is 56.5 Å². The van der Waals surface area contributed by atoms with E-state index in [1.807, 2.05) is 18.2 Å². The summed E-state index contributed by atoms with van der Waals surface area (Å²) in [5, 5.41) is 3.32. The second kappa shape index (κ2) is 9.50. The molecule has 0 aromatic heterocycles. The largest absolute Gasteiger partial charge is 0.491 e. The normalized spacial score (nSPS) is 10.4. The minimum atomic E-state index is 0.686. The molecule has 3 N–H and O–H groups in total. The first-order valence-corrected chi connectivity index (χ1v) is 7.12. The second-order valence-electron chi connectivity index (χ2n) is 4.46. The van der Waals surface area contributed by atoms with Gasteiger partial charge in [-0.15, -0.1) is 0 Å². The molecule has 0 spiro atoms. The molecule has 0 bridgehead atoms. The van der Waals surface area contributed by atoms with Crippen LogP contribution in [0.1, 0.15) is 33.1 Å². The van der Waals surface area contributed by atoms with E-state index in [1.54, 1.807) is 0 Å². The molecule has 0 heterocycles. The Morgan fingerprint density at radius 1 is 1.11 bits per heavy atom. The van der Waals surface area contributed by atoms with Crippen molar-refractivity contribution >= 4 is 11.4 Å². The van der Waals surface area contributed by atoms with Crippen LogP contribution in [0, 0.1) is 0 Å². The first-order chi connectivity index (χ1) is 9.29. The van der Waals surface area contributed by atoms with Crippen LogP contribution in [0.15, 0.2) is 18.2 Å². The van der Waals surface area contributed by atoms with Crippen molar-refractivity contribution in [2.45, 2.75) is 33.1 Å². The van der Waals surface area contributed by atoms with Gasteiger partial charge in [0.1, 0.15) is 5.75 Å². The molecule has 0 saturated carbocycles. The molecular formula is C15H26N2O2. The first kappa shape index (κ1) is 15.6. The number of anilines is 2. The van der Waals surface area contributed by atoms with Crippen LogP contribution < -0.4 is 15.8 Å². The number of para-hydroxylation sites is 1. The monoisotopic (exact) mass is 266 g/mol. The van der Waals surface area contributed by atoms with Crippen LogP contribution in [0.4, 0.5) is 11.4 Å². The summed E-state index contributed by atoms with van der Waals surface area (Å²) < 4.78 is 11.0. The maximum atomic E-state index is 6.07. The number of nitrogen functional groups attached to an aromatic ring is 1. The molecule has 0 atom stereocenters. The molecule has 1 rings (SSSR count). The van der Waals surface area contributed by atoms with Gasteiger partial charge >= 0.3 is 0 Å². The number of nitrogens with two attached hydrogens (primary N) is 1. The van der Waals surface area contributed by atoms with Crippen molar-refractivity contribution < 1.29 is 9.47 Å². The van der Waals surface area contributed by atoms with Crippen molar-refractivity contribution in [3.63, 3.8) is 0 Å². The molecular weight excluding hydrogens is 240 g/mol. The van der Waals surface area contributed by atoms with Gasteiger partial charge in [0.25, 0.3) is 0 Å². The van der Waals surface area contributed by atoms with Crippen LogP contribution in [0.5, 0.6) is 5.75 Å². The Bertz CT molecular complexity index is 356. The predicted molar refractivity (Wildman–Crippen MR) is 80.9 cm³/mol. The van der Waals surface area contributed by atoms with E-state index < -0.39 is 0 Å². The average molecular weight is 266 g/mol. The van der Waals surface area contributed by atoms with Gasteiger partial charge in [0.05, 0.1) is 18.0 Å². The lowest BCUT2D eigenvalue weighted by Crippen LogP contribution is -2.08. The van der Waals surface area contributed by atoms with Gasteiger partial charge < -0.3 is 20.5 Å². The van der Waals surface area contributed by atoms with Gasteiger partial charge in [0, 0.05) is 19.8 Å². The summed E-state index contributed by atoms with van der Waals surface area (Å²) in [6.07, 6.45) is 3.02. The van der Waals surface area contributed by atoms with E-state index >= 15 is 0 Å². The summed E-state index contributed by atoms with van der Waals surface area (Å²) in [7, 11) is 0. The second-order valence-corrected chi connectivity index (χ2v) is 4.46. The molecule has 0 aliphatic heterocycles. The van der Waals surface area contributed by atoms with E-state index in [2.05, 4.69) is 19.2 Å². The van der Waals surface area contributed by atoms with E-state index in [4.69, 9.17) is 15.2 Å². The number of benzene rings is 1. The van der Waals surface area contributed by atoms with Crippen molar-refractivity contribution in [3.8, 4) is 5.75 Å². The Morgan fingerprint density at radius 2 is 1.89 bits per heavy atom. The molecule has 4 nitrogen and oxygen atoms in total. The fourth-order valence-corrected chi connectivity index (χ4v) is 1.68. The van der Waals surface area contributed by atoms with Gasteiger partial charge in [-0.2, -0.15) is 0 Å². The molecule has 0 radical (unpaired) electrons. The van der Waals surface area contributed by atoms with Gasteiger partial charge in [-0.05, 0) is 31.4 Å². The van der Waals surface area contributed by atoms with Crippen molar-refractivity contribution in [3.05, 3.63) is 18.2 Å². The summed E-state index contributed by atoms with van der Waals surface area (Å²) in [6, 6.07) is 5.83. The highest BCUT2D eigenvalue weighted by atomic mass is 16.5. The Kier molecular flexibility index (Phi) is 7.82. The summed E-state index contributed by atoms with van der Waals surface area (Å²) in [5.41, 5.74) is 7.69. The molecule has 0 fully saturated rings. The average Bonchev–Trinajstić information content (AvgIpc) is 2.43. The van der Waals surface area contributed by atoms with E-state index in [-0.39, 0.29) is 0 Å². The van der Waals surface area contributed by atoms with Crippen molar-refractivity contribution in [2.24, 2.45) is 0 Å². The Labute approximate surface area is 116 Å². The molecule has 0 saturated heterocycles. The molecule has 19 heavy (non-hydrogen) atoms. The number of nitrogens with one attached hydrogen (secondary N) is 1. The van der Waals surface area contributed by atoms with E-state index in [1.165, 1.54) is 0 Å². The van der Waals surface area contributed by atoms with Crippen LogP contribution >= 0.6 is 0 Å². The highest BCUT2D eigenvalue weighted by molar-refractivity contribution is 5.72. The third kappa shape index (κ3) is 5.83. The fraction of sp³-hybridized carbons (Fsp3) is 0.600. The van der Waals surface area contributed by atoms with Gasteiger partial charge in [-0.25, -0.2) is 0 Å². The predicted octanol–water partition coefficient (Wildman–Crippen LogP) is 3.29. The van der Waals surface area contributed by atoms with Crippen molar-refractivity contribution in [2.75, 3.05) is 37.4 Å². The lowest BCUT2D eigenvalue weighted by molar-refractivity contribution is 0.134. The van der Waals surface area contributed by atoms with Gasteiger partial charge in [-0.3, -0.25) is 0 Å². The summed E-state index contributed by atoms with van der Waals surface area (Å²) in [5.74, 6) is 0.758. The Morgan fingerprint density at radius 3 is 2.63 bits per heavy atom. The lowest BCUT2D eigenvalue weighted by atomic mass is 10.2.